The number of alkyl halides is 3. The molecule has 1 atom stereocenters. The number of hydrogen-bond donors (Lipinski definition) is 0. The first kappa shape index (κ1) is 11.2. The maximum Gasteiger partial charge on any atom is 0.412 e. The summed E-state index contributed by atoms with van der Waals surface area (Å²) >= 11 is 0. The fourth-order valence-electron chi connectivity index (χ4n) is 2.12. The van der Waals surface area contributed by atoms with E-state index < -0.39 is 6.18 Å². The van der Waals surface area contributed by atoms with Crippen molar-refractivity contribution in [2.24, 2.45) is 0 Å². The van der Waals surface area contributed by atoms with Crippen LogP contribution >= 0.6 is 0 Å². The molecule has 0 aromatic heterocycles. The van der Waals surface area contributed by atoms with Gasteiger partial charge in [0.25, 0.3) is 0 Å². The summed E-state index contributed by atoms with van der Waals surface area (Å²) < 4.78 is 37.2. The molecule has 16 heavy (non-hydrogen) atoms. The van der Waals surface area contributed by atoms with Gasteiger partial charge in [-0.15, -0.1) is 0 Å². The SMILES string of the molecule is FC(F)(F)C1=CCC(c2ccccc2)CC1. The Hall–Kier alpha value is -1.25. The monoisotopic (exact) mass is 226 g/mol. The predicted octanol–water partition coefficient (Wildman–Crippen LogP) is 4.44. The standard InChI is InChI=1S/C13H13F3/c14-13(15,16)12-8-6-11(7-9-12)10-4-2-1-3-5-10/h1-5,8,11H,6-7,9H2. The average molecular weight is 226 g/mol. The maximum absolute atomic E-state index is 12.4. The zero-order valence-corrected chi connectivity index (χ0v) is 8.80. The molecular weight excluding hydrogens is 213 g/mol. The van der Waals surface area contributed by atoms with Crippen LogP contribution in [0.3, 0.4) is 0 Å². The lowest BCUT2D eigenvalue weighted by atomic mass is 9.84. The van der Waals surface area contributed by atoms with E-state index in [1.54, 1.807) is 0 Å². The van der Waals surface area contributed by atoms with Gasteiger partial charge < -0.3 is 0 Å². The Morgan fingerprint density at radius 3 is 2.25 bits per heavy atom. The van der Waals surface area contributed by atoms with Gasteiger partial charge in [0, 0.05) is 5.57 Å². The molecule has 86 valence electrons. The van der Waals surface area contributed by atoms with Crippen LogP contribution in [0.1, 0.15) is 30.7 Å². The zero-order chi connectivity index (χ0) is 11.6. The molecule has 1 unspecified atom stereocenters. The summed E-state index contributed by atoms with van der Waals surface area (Å²) in [5.74, 6) is 0.243. The van der Waals surface area contributed by atoms with E-state index in [4.69, 9.17) is 0 Å². The molecule has 0 bridgehead atoms. The van der Waals surface area contributed by atoms with E-state index in [9.17, 15) is 13.2 Å². The van der Waals surface area contributed by atoms with E-state index in [1.165, 1.54) is 6.08 Å². The van der Waals surface area contributed by atoms with E-state index in [-0.39, 0.29) is 17.9 Å². The maximum atomic E-state index is 12.4. The van der Waals surface area contributed by atoms with Gasteiger partial charge in [-0.25, -0.2) is 0 Å². The molecule has 0 heterocycles. The minimum Gasteiger partial charge on any atom is -0.166 e. The molecule has 0 amide bonds. The first-order chi connectivity index (χ1) is 7.57. The van der Waals surface area contributed by atoms with Gasteiger partial charge in [0.15, 0.2) is 0 Å². The van der Waals surface area contributed by atoms with Crippen molar-refractivity contribution in [2.75, 3.05) is 0 Å². The smallest absolute Gasteiger partial charge is 0.166 e. The molecule has 3 heteroatoms. The second-order valence-corrected chi connectivity index (χ2v) is 4.11. The number of allylic oxidation sites excluding steroid dienone is 2. The quantitative estimate of drug-likeness (QED) is 0.621. The molecule has 0 nitrogen and oxygen atoms in total. The van der Waals surface area contributed by atoms with Crippen molar-refractivity contribution in [1.82, 2.24) is 0 Å². The van der Waals surface area contributed by atoms with Crippen LogP contribution in [-0.4, -0.2) is 6.18 Å². The third-order valence-electron chi connectivity index (χ3n) is 3.05. The summed E-state index contributed by atoms with van der Waals surface area (Å²) in [5, 5.41) is 0. The summed E-state index contributed by atoms with van der Waals surface area (Å²) in [6.07, 6.45) is -1.56. The molecule has 1 aliphatic rings. The highest BCUT2D eigenvalue weighted by atomic mass is 19.4. The van der Waals surface area contributed by atoms with E-state index >= 15 is 0 Å². The Kier molecular flexibility index (Phi) is 3.03. The van der Waals surface area contributed by atoms with Crippen molar-refractivity contribution in [1.29, 1.82) is 0 Å². The van der Waals surface area contributed by atoms with Crippen molar-refractivity contribution in [3.05, 3.63) is 47.5 Å². The van der Waals surface area contributed by atoms with Gasteiger partial charge in [-0.2, -0.15) is 13.2 Å². The molecule has 0 spiro atoms. The molecule has 2 rings (SSSR count). The van der Waals surface area contributed by atoms with Crippen LogP contribution in [0, 0.1) is 0 Å². The molecule has 1 aliphatic carbocycles. The van der Waals surface area contributed by atoms with E-state index in [0.29, 0.717) is 12.8 Å². The first-order valence-corrected chi connectivity index (χ1v) is 5.38. The van der Waals surface area contributed by atoms with Crippen LogP contribution in [0.15, 0.2) is 42.0 Å². The highest BCUT2D eigenvalue weighted by molar-refractivity contribution is 5.24. The summed E-state index contributed by atoms with van der Waals surface area (Å²) in [7, 11) is 0. The van der Waals surface area contributed by atoms with Gasteiger partial charge in [-0.3, -0.25) is 0 Å². The second kappa shape index (κ2) is 4.32. The Balaban J connectivity index is 2.08. The van der Waals surface area contributed by atoms with Crippen LogP contribution < -0.4 is 0 Å². The van der Waals surface area contributed by atoms with Gasteiger partial charge in [0.1, 0.15) is 0 Å². The van der Waals surface area contributed by atoms with Crippen LogP contribution in [0.5, 0.6) is 0 Å². The Morgan fingerprint density at radius 2 is 1.75 bits per heavy atom. The van der Waals surface area contributed by atoms with Crippen molar-refractivity contribution in [3.8, 4) is 0 Å². The third kappa shape index (κ3) is 2.46. The predicted molar refractivity (Wildman–Crippen MR) is 57.2 cm³/mol. The summed E-state index contributed by atoms with van der Waals surface area (Å²) in [6.45, 7) is 0. The molecule has 0 saturated carbocycles. The average Bonchev–Trinajstić information content (AvgIpc) is 2.29. The fraction of sp³-hybridized carbons (Fsp3) is 0.385. The highest BCUT2D eigenvalue weighted by Crippen LogP contribution is 2.38. The molecule has 1 aromatic rings. The lowest BCUT2D eigenvalue weighted by molar-refractivity contribution is -0.0952. The van der Waals surface area contributed by atoms with E-state index in [2.05, 4.69) is 0 Å². The molecular formula is C13H13F3. The number of hydrogen-bond acceptors (Lipinski definition) is 0. The number of halogens is 3. The first-order valence-electron chi connectivity index (χ1n) is 5.38. The van der Waals surface area contributed by atoms with Crippen LogP contribution in [0.2, 0.25) is 0 Å². The van der Waals surface area contributed by atoms with Crippen molar-refractivity contribution < 1.29 is 13.2 Å². The van der Waals surface area contributed by atoms with E-state index in [1.807, 2.05) is 30.3 Å². The van der Waals surface area contributed by atoms with E-state index in [0.717, 1.165) is 5.56 Å². The molecule has 0 fully saturated rings. The van der Waals surface area contributed by atoms with Crippen LogP contribution in [0.25, 0.3) is 0 Å². The van der Waals surface area contributed by atoms with Crippen molar-refractivity contribution >= 4 is 0 Å². The summed E-state index contributed by atoms with van der Waals surface area (Å²) in [5.41, 5.74) is 0.777. The summed E-state index contributed by atoms with van der Waals surface area (Å²) in [4.78, 5) is 0. The Labute approximate surface area is 92.8 Å². The number of rotatable bonds is 1. The normalized spacial score (nSPS) is 21.7. The van der Waals surface area contributed by atoms with Gasteiger partial charge in [0.05, 0.1) is 0 Å². The van der Waals surface area contributed by atoms with Gasteiger partial charge in [-0.1, -0.05) is 36.4 Å². The Bertz CT molecular complexity index is 376. The molecule has 0 aliphatic heterocycles. The van der Waals surface area contributed by atoms with Gasteiger partial charge in [0.2, 0.25) is 0 Å². The molecule has 0 saturated heterocycles. The van der Waals surface area contributed by atoms with Crippen LogP contribution in [-0.2, 0) is 0 Å². The van der Waals surface area contributed by atoms with Gasteiger partial charge in [-0.05, 0) is 30.7 Å². The largest absolute Gasteiger partial charge is 0.412 e. The minimum absolute atomic E-state index is 0.142. The Morgan fingerprint density at radius 1 is 1.06 bits per heavy atom. The lowest BCUT2D eigenvalue weighted by Gasteiger charge is -2.23. The topological polar surface area (TPSA) is 0 Å². The molecule has 1 aromatic carbocycles. The highest BCUT2D eigenvalue weighted by Gasteiger charge is 2.35. The van der Waals surface area contributed by atoms with Crippen LogP contribution in [0.4, 0.5) is 13.2 Å². The van der Waals surface area contributed by atoms with Gasteiger partial charge >= 0.3 is 6.18 Å². The molecule has 0 N–H and O–H groups in total. The molecule has 0 radical (unpaired) electrons. The second-order valence-electron chi connectivity index (χ2n) is 4.11. The third-order valence-corrected chi connectivity index (χ3v) is 3.05. The van der Waals surface area contributed by atoms with Crippen molar-refractivity contribution in [3.63, 3.8) is 0 Å². The minimum atomic E-state index is -4.14. The van der Waals surface area contributed by atoms with Crippen molar-refractivity contribution in [2.45, 2.75) is 31.4 Å². The summed E-state index contributed by atoms with van der Waals surface area (Å²) in [6, 6.07) is 9.74. The number of benzene rings is 1. The fourth-order valence-corrected chi connectivity index (χ4v) is 2.12. The lowest BCUT2D eigenvalue weighted by Crippen LogP contribution is -2.16. The zero-order valence-electron chi connectivity index (χ0n) is 8.80.